The maximum Gasteiger partial charge on any atom is 0.264 e. The van der Waals surface area contributed by atoms with E-state index in [-0.39, 0.29) is 24.6 Å². The first-order chi connectivity index (χ1) is 12.5. The Morgan fingerprint density at radius 3 is 2.30 bits per heavy atom. The second-order valence-electron chi connectivity index (χ2n) is 6.64. The number of rotatable bonds is 7. The van der Waals surface area contributed by atoms with Gasteiger partial charge in [0.15, 0.2) is 0 Å². The van der Waals surface area contributed by atoms with Crippen molar-refractivity contribution in [3.05, 3.63) is 59.7 Å². The summed E-state index contributed by atoms with van der Waals surface area (Å²) < 4.78 is 53.3. The average Bonchev–Trinajstić information content (AvgIpc) is 2.55. The van der Waals surface area contributed by atoms with Gasteiger partial charge in [-0.05, 0) is 43.7 Å². The molecule has 0 atom stereocenters. The van der Waals surface area contributed by atoms with Crippen LogP contribution in [0.4, 0.5) is 14.5 Å². The van der Waals surface area contributed by atoms with Gasteiger partial charge in [0.2, 0.25) is 5.91 Å². The van der Waals surface area contributed by atoms with Gasteiger partial charge in [0.1, 0.15) is 16.5 Å². The Balaban J connectivity index is 2.08. The van der Waals surface area contributed by atoms with Gasteiger partial charge in [0.05, 0.1) is 18.6 Å². The van der Waals surface area contributed by atoms with Crippen molar-refractivity contribution in [2.45, 2.75) is 30.7 Å². The fourth-order valence-corrected chi connectivity index (χ4v) is 3.36. The van der Waals surface area contributed by atoms with Crippen LogP contribution in [-0.4, -0.2) is 31.6 Å². The van der Waals surface area contributed by atoms with E-state index in [4.69, 9.17) is 5.11 Å². The van der Waals surface area contributed by atoms with Crippen molar-refractivity contribution in [3.8, 4) is 0 Å². The molecule has 9 heteroatoms. The van der Waals surface area contributed by atoms with E-state index in [2.05, 4.69) is 10.0 Å². The molecule has 2 aromatic rings. The Morgan fingerprint density at radius 1 is 1.11 bits per heavy atom. The highest BCUT2D eigenvalue weighted by Gasteiger charge is 2.21. The molecule has 2 rings (SSSR count). The predicted molar refractivity (Wildman–Crippen MR) is 96.6 cm³/mol. The Hall–Kier alpha value is -2.52. The molecule has 0 unspecified atom stereocenters. The molecule has 0 aliphatic carbocycles. The standard InChI is InChI=1S/C18H20F2N2O4S/c1-18(2,11-23)21-17(24)9-12-3-6-14(7-4-12)22-27(25,26)16-8-5-13(19)10-15(16)20/h3-8,10,22-23H,9,11H2,1-2H3,(H,21,24). The highest BCUT2D eigenvalue weighted by Crippen LogP contribution is 2.20. The molecule has 3 N–H and O–H groups in total. The first-order valence-electron chi connectivity index (χ1n) is 8.01. The zero-order valence-corrected chi connectivity index (χ0v) is 15.6. The Labute approximate surface area is 156 Å². The Morgan fingerprint density at radius 2 is 1.74 bits per heavy atom. The number of aliphatic hydroxyl groups excluding tert-OH is 1. The van der Waals surface area contributed by atoms with Crippen LogP contribution in [0.15, 0.2) is 47.4 Å². The average molecular weight is 398 g/mol. The molecule has 0 aliphatic heterocycles. The molecule has 0 spiro atoms. The van der Waals surface area contributed by atoms with Crippen molar-refractivity contribution in [1.82, 2.24) is 5.32 Å². The third-order valence-electron chi connectivity index (χ3n) is 3.63. The van der Waals surface area contributed by atoms with Crippen LogP contribution in [0.3, 0.4) is 0 Å². The normalized spacial score (nSPS) is 11.9. The molecule has 146 valence electrons. The molecule has 6 nitrogen and oxygen atoms in total. The minimum atomic E-state index is -4.22. The summed E-state index contributed by atoms with van der Waals surface area (Å²) in [6.07, 6.45) is 0.0447. The van der Waals surface area contributed by atoms with E-state index in [1.54, 1.807) is 26.0 Å². The molecular weight excluding hydrogens is 378 g/mol. The van der Waals surface area contributed by atoms with Gasteiger partial charge in [-0.3, -0.25) is 9.52 Å². The Bertz CT molecular complexity index is 929. The number of carbonyl (C=O) groups excluding carboxylic acids is 1. The smallest absolute Gasteiger partial charge is 0.264 e. The van der Waals surface area contributed by atoms with Crippen molar-refractivity contribution in [2.24, 2.45) is 0 Å². The van der Waals surface area contributed by atoms with Crippen LogP contribution in [0.2, 0.25) is 0 Å². The van der Waals surface area contributed by atoms with Crippen LogP contribution in [0.5, 0.6) is 0 Å². The molecule has 27 heavy (non-hydrogen) atoms. The first kappa shape index (κ1) is 20.8. The van der Waals surface area contributed by atoms with Crippen LogP contribution >= 0.6 is 0 Å². The monoisotopic (exact) mass is 398 g/mol. The van der Waals surface area contributed by atoms with Gasteiger partial charge in [-0.25, -0.2) is 17.2 Å². The maximum atomic E-state index is 13.7. The van der Waals surface area contributed by atoms with Gasteiger partial charge in [-0.2, -0.15) is 0 Å². The Kier molecular flexibility index (Phi) is 6.17. The number of halogens is 2. The van der Waals surface area contributed by atoms with Gasteiger partial charge in [-0.1, -0.05) is 12.1 Å². The van der Waals surface area contributed by atoms with E-state index >= 15 is 0 Å². The van der Waals surface area contributed by atoms with E-state index < -0.39 is 32.1 Å². The molecule has 0 saturated carbocycles. The molecule has 0 saturated heterocycles. The number of hydrogen-bond donors (Lipinski definition) is 3. The summed E-state index contributed by atoms with van der Waals surface area (Å²) in [6.45, 7) is 3.15. The SMILES string of the molecule is CC(C)(CO)NC(=O)Cc1ccc(NS(=O)(=O)c2ccc(F)cc2F)cc1. The molecule has 0 fully saturated rings. The number of hydrogen-bond acceptors (Lipinski definition) is 4. The van der Waals surface area contributed by atoms with Crippen LogP contribution in [0, 0.1) is 11.6 Å². The number of carbonyl (C=O) groups is 1. The molecule has 1 amide bonds. The van der Waals surface area contributed by atoms with Crippen LogP contribution < -0.4 is 10.0 Å². The lowest BCUT2D eigenvalue weighted by Crippen LogP contribution is -2.46. The highest BCUT2D eigenvalue weighted by molar-refractivity contribution is 7.92. The maximum absolute atomic E-state index is 13.7. The molecule has 0 aromatic heterocycles. The van der Waals surface area contributed by atoms with Gasteiger partial charge < -0.3 is 10.4 Å². The summed E-state index contributed by atoms with van der Waals surface area (Å²) >= 11 is 0. The molecule has 0 radical (unpaired) electrons. The van der Waals surface area contributed by atoms with Crippen LogP contribution in [0.1, 0.15) is 19.4 Å². The summed E-state index contributed by atoms with van der Waals surface area (Å²) in [5.74, 6) is -2.36. The van der Waals surface area contributed by atoms with E-state index in [1.165, 1.54) is 12.1 Å². The fourth-order valence-electron chi connectivity index (χ4n) is 2.24. The summed E-state index contributed by atoms with van der Waals surface area (Å²) in [6, 6.07) is 8.14. The lowest BCUT2D eigenvalue weighted by atomic mass is 10.1. The third-order valence-corrected chi connectivity index (χ3v) is 5.04. The van der Waals surface area contributed by atoms with Crippen LogP contribution in [-0.2, 0) is 21.2 Å². The van der Waals surface area contributed by atoms with E-state index in [9.17, 15) is 22.0 Å². The number of benzene rings is 2. The summed E-state index contributed by atoms with van der Waals surface area (Å²) in [5, 5.41) is 11.8. The quantitative estimate of drug-likeness (QED) is 0.666. The van der Waals surface area contributed by atoms with Crippen molar-refractivity contribution in [3.63, 3.8) is 0 Å². The van der Waals surface area contributed by atoms with Gasteiger partial charge in [-0.15, -0.1) is 0 Å². The predicted octanol–water partition coefficient (Wildman–Crippen LogP) is 2.20. The second-order valence-corrected chi connectivity index (χ2v) is 8.29. The molecule has 2 aromatic carbocycles. The largest absolute Gasteiger partial charge is 0.394 e. The number of sulfonamides is 1. The molecular formula is C18H20F2N2O4S. The molecule has 0 bridgehead atoms. The lowest BCUT2D eigenvalue weighted by molar-refractivity contribution is -0.122. The zero-order chi connectivity index (χ0) is 20.2. The van der Waals surface area contributed by atoms with Crippen LogP contribution in [0.25, 0.3) is 0 Å². The number of aliphatic hydroxyl groups is 1. The van der Waals surface area contributed by atoms with E-state index in [0.717, 1.165) is 12.1 Å². The highest BCUT2D eigenvalue weighted by atomic mass is 32.2. The van der Waals surface area contributed by atoms with Crippen molar-refractivity contribution in [1.29, 1.82) is 0 Å². The minimum absolute atomic E-state index is 0.0447. The summed E-state index contributed by atoms with van der Waals surface area (Å²) in [5.41, 5.74) is 0.0435. The van der Waals surface area contributed by atoms with Gasteiger partial charge >= 0.3 is 0 Å². The fraction of sp³-hybridized carbons (Fsp3) is 0.278. The summed E-state index contributed by atoms with van der Waals surface area (Å²) in [4.78, 5) is 11.3. The van der Waals surface area contributed by atoms with Crippen molar-refractivity contribution >= 4 is 21.6 Å². The second kappa shape index (κ2) is 8.01. The number of amides is 1. The van der Waals surface area contributed by atoms with Gasteiger partial charge in [0.25, 0.3) is 10.0 Å². The van der Waals surface area contributed by atoms with Crippen molar-refractivity contribution in [2.75, 3.05) is 11.3 Å². The summed E-state index contributed by atoms with van der Waals surface area (Å²) in [7, 11) is -4.22. The third kappa shape index (κ3) is 5.73. The van der Waals surface area contributed by atoms with Gasteiger partial charge in [0, 0.05) is 11.8 Å². The molecule has 0 aliphatic rings. The van der Waals surface area contributed by atoms with Crippen molar-refractivity contribution < 1.29 is 27.1 Å². The van der Waals surface area contributed by atoms with E-state index in [1.807, 2.05) is 0 Å². The number of anilines is 1. The first-order valence-corrected chi connectivity index (χ1v) is 9.49. The molecule has 0 heterocycles. The lowest BCUT2D eigenvalue weighted by Gasteiger charge is -2.23. The van der Waals surface area contributed by atoms with E-state index in [0.29, 0.717) is 11.6 Å². The minimum Gasteiger partial charge on any atom is -0.394 e. The number of nitrogens with one attached hydrogen (secondary N) is 2. The zero-order valence-electron chi connectivity index (χ0n) is 14.8. The topological polar surface area (TPSA) is 95.5 Å².